The number of unbranched alkanes of at least 4 members (excludes halogenated alkanes) is 13. The number of ether oxygens (including phenoxy) is 4. The van der Waals surface area contributed by atoms with Crippen molar-refractivity contribution < 1.29 is 52.5 Å². The number of methoxy groups -OCH3 is 3. The number of hydrogen-bond donors (Lipinski definition) is 4. The number of amides is 6. The third kappa shape index (κ3) is 18.6. The van der Waals surface area contributed by atoms with E-state index in [1.807, 2.05) is 6.92 Å². The van der Waals surface area contributed by atoms with Crippen LogP contribution in [-0.4, -0.2) is 131 Å². The van der Waals surface area contributed by atoms with E-state index in [4.69, 9.17) is 18.9 Å². The molecule has 4 bridgehead atoms. The van der Waals surface area contributed by atoms with E-state index in [9.17, 15) is 33.6 Å². The summed E-state index contributed by atoms with van der Waals surface area (Å²) < 4.78 is 22.2. The number of nitrogens with one attached hydrogen (secondary N) is 4. The maximum atomic E-state index is 14.2. The molecule has 17 heteroatoms. The van der Waals surface area contributed by atoms with Crippen LogP contribution in [0.4, 0.5) is 0 Å². The van der Waals surface area contributed by atoms with Crippen LogP contribution in [0.25, 0.3) is 11.1 Å². The Bertz CT molecular complexity index is 2010. The van der Waals surface area contributed by atoms with Gasteiger partial charge in [0.15, 0.2) is 0 Å². The molecule has 0 radical (unpaired) electrons. The van der Waals surface area contributed by atoms with Crippen molar-refractivity contribution in [2.24, 2.45) is 0 Å². The second-order valence-electron chi connectivity index (χ2n) is 18.3. The molecule has 0 spiro atoms. The Hall–Kier alpha value is -5.71. The molecule has 2 aromatic carbocycles. The Morgan fingerprint density at radius 3 is 1.87 bits per heavy atom. The second kappa shape index (κ2) is 31.5. The van der Waals surface area contributed by atoms with E-state index in [1.54, 1.807) is 43.4 Å². The van der Waals surface area contributed by atoms with Gasteiger partial charge in [-0.2, -0.15) is 0 Å². The molecular formula is C53H82N6O11. The molecule has 0 fully saturated rings. The summed E-state index contributed by atoms with van der Waals surface area (Å²) >= 11 is 0. The molecular weight excluding hydrogens is 897 g/mol. The molecule has 1 aliphatic rings. The highest BCUT2D eigenvalue weighted by atomic mass is 16.5. The average Bonchev–Trinajstić information content (AvgIpc) is 3.35. The summed E-state index contributed by atoms with van der Waals surface area (Å²) in [5.41, 5.74) is 2.07. The maximum Gasteiger partial charge on any atom is 0.328 e. The number of carbonyl (C=O) groups is 7. The molecule has 1 heterocycles. The van der Waals surface area contributed by atoms with Gasteiger partial charge in [-0.3, -0.25) is 28.8 Å². The zero-order valence-electron chi connectivity index (χ0n) is 43.4. The van der Waals surface area contributed by atoms with Crippen molar-refractivity contribution in [3.8, 4) is 22.6 Å². The third-order valence-corrected chi connectivity index (χ3v) is 12.9. The van der Waals surface area contributed by atoms with E-state index in [-0.39, 0.29) is 18.9 Å². The molecule has 0 aromatic heterocycles. The Kier molecular flexibility index (Phi) is 26.4. The quantitative estimate of drug-likeness (QED) is 0.0523. The van der Waals surface area contributed by atoms with Crippen LogP contribution in [0.5, 0.6) is 11.5 Å². The molecule has 390 valence electrons. The zero-order valence-corrected chi connectivity index (χ0v) is 43.4. The Morgan fingerprint density at radius 1 is 0.714 bits per heavy atom. The lowest BCUT2D eigenvalue weighted by Crippen LogP contribution is -2.55. The highest BCUT2D eigenvalue weighted by Gasteiger charge is 2.34. The molecule has 5 atom stereocenters. The minimum atomic E-state index is -1.34. The number of fused-ring (bicyclic) bond motifs is 5. The molecule has 3 rings (SSSR count). The van der Waals surface area contributed by atoms with Crippen molar-refractivity contribution in [1.82, 2.24) is 31.1 Å². The van der Waals surface area contributed by atoms with E-state index in [1.165, 1.54) is 105 Å². The van der Waals surface area contributed by atoms with Crippen LogP contribution in [-0.2, 0) is 49.5 Å². The van der Waals surface area contributed by atoms with Crippen LogP contribution in [0.2, 0.25) is 0 Å². The lowest BCUT2D eigenvalue weighted by Gasteiger charge is -2.30. The number of rotatable bonds is 29. The molecule has 4 N–H and O–H groups in total. The third-order valence-electron chi connectivity index (χ3n) is 12.9. The lowest BCUT2D eigenvalue weighted by atomic mass is 9.93. The summed E-state index contributed by atoms with van der Waals surface area (Å²) in [6, 6.07) is 4.52. The Balaban J connectivity index is 1.71. The van der Waals surface area contributed by atoms with Crippen LogP contribution in [0.15, 0.2) is 36.4 Å². The number of esters is 1. The van der Waals surface area contributed by atoms with E-state index < -0.39 is 72.3 Å². The highest BCUT2D eigenvalue weighted by molar-refractivity contribution is 5.96. The first kappa shape index (κ1) is 58.6. The minimum absolute atomic E-state index is 0.0504. The van der Waals surface area contributed by atoms with Crippen LogP contribution in [0.1, 0.15) is 148 Å². The molecule has 0 saturated carbocycles. The fraction of sp³-hybridized carbons (Fsp3) is 0.642. The molecule has 0 unspecified atom stereocenters. The smallest absolute Gasteiger partial charge is 0.328 e. The zero-order chi connectivity index (χ0) is 51.6. The lowest BCUT2D eigenvalue weighted by molar-refractivity contribution is -0.145. The first-order valence-electron chi connectivity index (χ1n) is 25.3. The SMILES string of the molecule is CCCCCCCCCCCCCCCC(=O)N(C)[C@H](COCCCC)C(=O)N[C@H](C)C(=O)NCC(=O)N(C)[C@@H]1C(=O)N[C@@H](C)C(=O)N[C@H](C(=O)OC)Cc2ccc(OC)c(c2)-c2cc1ccc2OC. The van der Waals surface area contributed by atoms with Gasteiger partial charge in [-0.25, -0.2) is 4.79 Å². The monoisotopic (exact) mass is 979 g/mol. The molecule has 17 nitrogen and oxygen atoms in total. The number of benzene rings is 2. The molecule has 6 amide bonds. The van der Waals surface area contributed by atoms with Crippen molar-refractivity contribution >= 4 is 41.4 Å². The van der Waals surface area contributed by atoms with Gasteiger partial charge in [-0.05, 0) is 62.1 Å². The second-order valence-corrected chi connectivity index (χ2v) is 18.3. The van der Waals surface area contributed by atoms with Crippen molar-refractivity contribution in [1.29, 1.82) is 0 Å². The number of likely N-dealkylation sites (N-methyl/N-ethyl adjacent to an activating group) is 2. The van der Waals surface area contributed by atoms with Crippen LogP contribution >= 0.6 is 0 Å². The van der Waals surface area contributed by atoms with E-state index in [2.05, 4.69) is 28.2 Å². The predicted molar refractivity (Wildman–Crippen MR) is 269 cm³/mol. The molecule has 0 aliphatic carbocycles. The minimum Gasteiger partial charge on any atom is -0.496 e. The average molecular weight is 979 g/mol. The van der Waals surface area contributed by atoms with Gasteiger partial charge in [0, 0.05) is 44.7 Å². The summed E-state index contributed by atoms with van der Waals surface area (Å²) in [7, 11) is 7.17. The fourth-order valence-electron chi connectivity index (χ4n) is 8.38. The van der Waals surface area contributed by atoms with E-state index >= 15 is 0 Å². The molecule has 0 saturated heterocycles. The molecule has 1 aliphatic heterocycles. The van der Waals surface area contributed by atoms with Gasteiger partial charge in [-0.15, -0.1) is 0 Å². The van der Waals surface area contributed by atoms with Gasteiger partial charge < -0.3 is 50.0 Å². The fourth-order valence-corrected chi connectivity index (χ4v) is 8.38. The Labute approximate surface area is 416 Å². The van der Waals surface area contributed by atoms with Crippen molar-refractivity contribution in [2.75, 3.05) is 55.2 Å². The summed E-state index contributed by atoms with van der Waals surface area (Å²) in [4.78, 5) is 97.6. The highest BCUT2D eigenvalue weighted by Crippen LogP contribution is 2.39. The summed E-state index contributed by atoms with van der Waals surface area (Å²) in [5, 5.41) is 10.6. The molecule has 2 aromatic rings. The standard InChI is InChI=1S/C53H82N6O11/c1-10-12-14-15-16-17-18-19-20-21-22-23-24-25-46(60)58(5)43(35-70-30-13-11-2)51(64)55-36(3)49(62)54-34-47(61)59(6)48-39-27-29-45(68-8)41(33-39)40-31-38(26-28-44(40)67-7)32-42(53(66)69-9)57-50(63)37(4)56-52(48)65/h26-29,31,33,36-37,42-43,48H,10-25,30,32,34-35H2,1-9H3,(H,54,62)(H,55,64)(H,56,65)(H,57,63)/t36-,37+,42+,43-,48+/m1/s1. The molecule has 70 heavy (non-hydrogen) atoms. The first-order valence-corrected chi connectivity index (χ1v) is 25.3. The topological polar surface area (TPSA) is 211 Å². The van der Waals surface area contributed by atoms with E-state index in [0.29, 0.717) is 53.2 Å². The first-order chi connectivity index (χ1) is 33.6. The number of carbonyl (C=O) groups excluding carboxylic acids is 7. The van der Waals surface area contributed by atoms with E-state index in [0.717, 1.165) is 37.0 Å². The largest absolute Gasteiger partial charge is 0.496 e. The maximum absolute atomic E-state index is 14.2. The normalized spacial score (nSPS) is 16.6. The van der Waals surface area contributed by atoms with Gasteiger partial charge in [0.2, 0.25) is 35.4 Å². The van der Waals surface area contributed by atoms with Gasteiger partial charge in [-0.1, -0.05) is 109 Å². The van der Waals surface area contributed by atoms with Crippen molar-refractivity contribution in [3.05, 3.63) is 47.5 Å². The van der Waals surface area contributed by atoms with Crippen LogP contribution in [0, 0.1) is 0 Å². The van der Waals surface area contributed by atoms with Crippen molar-refractivity contribution in [3.63, 3.8) is 0 Å². The summed E-state index contributed by atoms with van der Waals surface area (Å²) in [5.74, 6) is -3.32. The number of nitrogens with zero attached hydrogens (tertiary/aromatic N) is 2. The van der Waals surface area contributed by atoms with Gasteiger partial charge in [0.05, 0.1) is 34.5 Å². The van der Waals surface area contributed by atoms with Crippen molar-refractivity contribution in [2.45, 2.75) is 167 Å². The number of hydrogen-bond acceptors (Lipinski definition) is 11. The predicted octanol–water partition coefficient (Wildman–Crippen LogP) is 6.33. The van der Waals surface area contributed by atoms with Gasteiger partial charge in [0.1, 0.15) is 41.7 Å². The van der Waals surface area contributed by atoms with Gasteiger partial charge in [0.25, 0.3) is 0 Å². The summed E-state index contributed by atoms with van der Waals surface area (Å²) in [6.45, 7) is 6.98. The Morgan fingerprint density at radius 2 is 1.29 bits per heavy atom. The van der Waals surface area contributed by atoms with Crippen LogP contribution < -0.4 is 30.7 Å². The van der Waals surface area contributed by atoms with Crippen LogP contribution in [0.3, 0.4) is 0 Å². The summed E-state index contributed by atoms with van der Waals surface area (Å²) in [6.07, 6.45) is 17.5. The van der Waals surface area contributed by atoms with Gasteiger partial charge >= 0.3 is 5.97 Å².